The predicted molar refractivity (Wildman–Crippen MR) is 122 cm³/mol. The Morgan fingerprint density at radius 1 is 1.03 bits per heavy atom. The summed E-state index contributed by atoms with van der Waals surface area (Å²) in [6, 6.07) is 10.6. The van der Waals surface area contributed by atoms with Crippen LogP contribution in [0.3, 0.4) is 0 Å². The number of likely N-dealkylation sites (N-methyl/N-ethyl adjacent to an activating group) is 1. The number of amides is 1. The van der Waals surface area contributed by atoms with Crippen molar-refractivity contribution in [3.8, 4) is 0 Å². The molecule has 2 aromatic carbocycles. The van der Waals surface area contributed by atoms with E-state index in [-0.39, 0.29) is 27.4 Å². The topological polar surface area (TPSA) is 69.7 Å². The van der Waals surface area contributed by atoms with E-state index in [0.29, 0.717) is 26.2 Å². The number of aryl methyl sites for hydroxylation is 2. The summed E-state index contributed by atoms with van der Waals surface area (Å²) in [7, 11) is -1.80. The van der Waals surface area contributed by atoms with Crippen LogP contribution in [0, 0.1) is 0 Å². The minimum Gasteiger partial charge on any atom is -0.346 e. The molecule has 1 aliphatic carbocycles. The highest BCUT2D eigenvalue weighted by molar-refractivity contribution is 7.89. The Morgan fingerprint density at radius 2 is 1.74 bits per heavy atom. The third kappa shape index (κ3) is 4.65. The van der Waals surface area contributed by atoms with Gasteiger partial charge in [-0.25, -0.2) is 8.42 Å². The van der Waals surface area contributed by atoms with Gasteiger partial charge < -0.3 is 10.2 Å². The standard InChI is InChI=1S/C23H28ClN3O3S/c1-16(18-7-6-17-4-3-5-19(17)14-18)25-23(28)20-8-9-21(24)22(15-20)31(29,30)27-12-10-26(2)11-13-27/h6-9,14-16H,3-5,10-13H2,1-2H3,(H,25,28). The average molecular weight is 462 g/mol. The van der Waals surface area contributed by atoms with E-state index in [9.17, 15) is 13.2 Å². The van der Waals surface area contributed by atoms with Crippen LogP contribution in [-0.4, -0.2) is 56.8 Å². The maximum atomic E-state index is 13.1. The van der Waals surface area contributed by atoms with Crippen LogP contribution in [0.25, 0.3) is 0 Å². The molecule has 1 unspecified atom stereocenters. The Labute approximate surface area is 189 Å². The molecule has 0 radical (unpaired) electrons. The first-order valence-corrected chi connectivity index (χ1v) is 12.5. The second-order valence-electron chi connectivity index (χ2n) is 8.43. The molecule has 1 atom stereocenters. The van der Waals surface area contributed by atoms with Crippen LogP contribution in [0.4, 0.5) is 0 Å². The van der Waals surface area contributed by atoms with Gasteiger partial charge in [-0.3, -0.25) is 4.79 Å². The van der Waals surface area contributed by atoms with Crippen molar-refractivity contribution in [2.75, 3.05) is 33.2 Å². The maximum Gasteiger partial charge on any atom is 0.251 e. The number of rotatable bonds is 5. The quantitative estimate of drug-likeness (QED) is 0.742. The minimum atomic E-state index is -3.76. The lowest BCUT2D eigenvalue weighted by molar-refractivity contribution is 0.0939. The molecule has 2 aliphatic rings. The van der Waals surface area contributed by atoms with Gasteiger partial charge in [-0.1, -0.05) is 29.8 Å². The van der Waals surface area contributed by atoms with E-state index in [1.807, 2.05) is 14.0 Å². The predicted octanol–water partition coefficient (Wildman–Crippen LogP) is 3.26. The van der Waals surface area contributed by atoms with Crippen molar-refractivity contribution in [2.24, 2.45) is 0 Å². The number of fused-ring (bicyclic) bond motifs is 1. The lowest BCUT2D eigenvalue weighted by atomic mass is 10.0. The molecule has 166 valence electrons. The molecule has 0 spiro atoms. The van der Waals surface area contributed by atoms with Gasteiger partial charge in [-0.05, 0) is 68.1 Å². The number of piperazine rings is 1. The van der Waals surface area contributed by atoms with Crippen molar-refractivity contribution in [1.82, 2.24) is 14.5 Å². The molecule has 1 saturated heterocycles. The summed E-state index contributed by atoms with van der Waals surface area (Å²) in [5.41, 5.74) is 4.07. The number of carbonyl (C=O) groups is 1. The van der Waals surface area contributed by atoms with Gasteiger partial charge in [0.05, 0.1) is 11.1 Å². The van der Waals surface area contributed by atoms with E-state index >= 15 is 0 Å². The van der Waals surface area contributed by atoms with Crippen molar-refractivity contribution in [3.63, 3.8) is 0 Å². The minimum absolute atomic E-state index is 0.0171. The highest BCUT2D eigenvalue weighted by atomic mass is 35.5. The van der Waals surface area contributed by atoms with Gasteiger partial charge in [0.1, 0.15) is 4.90 Å². The van der Waals surface area contributed by atoms with Gasteiger partial charge in [0, 0.05) is 31.7 Å². The highest BCUT2D eigenvalue weighted by Crippen LogP contribution is 2.28. The molecule has 1 N–H and O–H groups in total. The molecule has 4 rings (SSSR count). The Kier molecular flexibility index (Phi) is 6.40. The lowest BCUT2D eigenvalue weighted by Gasteiger charge is -2.31. The Morgan fingerprint density at radius 3 is 2.48 bits per heavy atom. The summed E-state index contributed by atoms with van der Waals surface area (Å²) < 4.78 is 27.7. The smallest absolute Gasteiger partial charge is 0.251 e. The first kappa shape index (κ1) is 22.3. The summed E-state index contributed by atoms with van der Waals surface area (Å²) in [4.78, 5) is 15.0. The van der Waals surface area contributed by atoms with Crippen LogP contribution in [0.1, 0.15) is 46.4 Å². The molecule has 2 aromatic rings. The molecular weight excluding hydrogens is 434 g/mol. The fourth-order valence-corrected chi connectivity index (χ4v) is 6.16. The van der Waals surface area contributed by atoms with Crippen molar-refractivity contribution in [3.05, 3.63) is 63.7 Å². The van der Waals surface area contributed by atoms with E-state index in [4.69, 9.17) is 11.6 Å². The van der Waals surface area contributed by atoms with Crippen LogP contribution < -0.4 is 5.32 Å². The highest BCUT2D eigenvalue weighted by Gasteiger charge is 2.30. The van der Waals surface area contributed by atoms with Gasteiger partial charge in [0.25, 0.3) is 5.91 Å². The van der Waals surface area contributed by atoms with E-state index in [1.54, 1.807) is 6.07 Å². The first-order valence-electron chi connectivity index (χ1n) is 10.7. The maximum absolute atomic E-state index is 13.1. The Bertz CT molecular complexity index is 1100. The molecule has 6 nitrogen and oxygen atoms in total. The second-order valence-corrected chi connectivity index (χ2v) is 10.7. The number of benzene rings is 2. The first-order chi connectivity index (χ1) is 14.8. The van der Waals surface area contributed by atoms with Crippen LogP contribution >= 0.6 is 11.6 Å². The van der Waals surface area contributed by atoms with Crippen LogP contribution in [-0.2, 0) is 22.9 Å². The van der Waals surface area contributed by atoms with Crippen molar-refractivity contribution in [2.45, 2.75) is 37.1 Å². The second kappa shape index (κ2) is 8.90. The fraction of sp³-hybridized carbons (Fsp3) is 0.435. The van der Waals surface area contributed by atoms with Crippen molar-refractivity contribution >= 4 is 27.5 Å². The number of hydrogen-bond acceptors (Lipinski definition) is 4. The third-order valence-corrected chi connectivity index (χ3v) is 8.62. The van der Waals surface area contributed by atoms with Gasteiger partial charge in [0.2, 0.25) is 10.0 Å². The van der Waals surface area contributed by atoms with E-state index in [0.717, 1.165) is 18.4 Å². The van der Waals surface area contributed by atoms with Crippen LogP contribution in [0.5, 0.6) is 0 Å². The van der Waals surface area contributed by atoms with Gasteiger partial charge in [-0.15, -0.1) is 0 Å². The molecular formula is C23H28ClN3O3S. The molecule has 1 heterocycles. The molecule has 0 aromatic heterocycles. The Balaban J connectivity index is 1.52. The number of hydrogen-bond donors (Lipinski definition) is 1. The zero-order valence-corrected chi connectivity index (χ0v) is 19.5. The SMILES string of the molecule is CC(NC(=O)c1ccc(Cl)c(S(=O)(=O)N2CCN(C)CC2)c1)c1ccc2c(c1)CCC2. The number of halogens is 1. The molecule has 1 fully saturated rings. The largest absolute Gasteiger partial charge is 0.346 e. The van der Waals surface area contributed by atoms with E-state index in [1.165, 1.54) is 34.0 Å². The summed E-state index contributed by atoms with van der Waals surface area (Å²) in [6.45, 7) is 4.07. The molecule has 31 heavy (non-hydrogen) atoms. The van der Waals surface area contributed by atoms with E-state index < -0.39 is 10.0 Å². The lowest BCUT2D eigenvalue weighted by Crippen LogP contribution is -2.47. The monoisotopic (exact) mass is 461 g/mol. The average Bonchev–Trinajstić information content (AvgIpc) is 3.22. The zero-order valence-electron chi connectivity index (χ0n) is 17.9. The van der Waals surface area contributed by atoms with Crippen LogP contribution in [0.15, 0.2) is 41.3 Å². The van der Waals surface area contributed by atoms with Crippen molar-refractivity contribution in [1.29, 1.82) is 0 Å². The molecule has 8 heteroatoms. The number of sulfonamides is 1. The fourth-order valence-electron chi connectivity index (χ4n) is 4.23. The molecule has 0 bridgehead atoms. The summed E-state index contributed by atoms with van der Waals surface area (Å²) in [6.07, 6.45) is 3.37. The number of nitrogens with zero attached hydrogens (tertiary/aromatic N) is 2. The third-order valence-electron chi connectivity index (χ3n) is 6.24. The van der Waals surface area contributed by atoms with Gasteiger partial charge >= 0.3 is 0 Å². The van der Waals surface area contributed by atoms with Gasteiger partial charge in [0.15, 0.2) is 0 Å². The summed E-state index contributed by atoms with van der Waals surface area (Å²) in [5, 5.41) is 3.12. The van der Waals surface area contributed by atoms with Gasteiger partial charge in [-0.2, -0.15) is 4.31 Å². The summed E-state index contributed by atoms with van der Waals surface area (Å²) in [5.74, 6) is -0.320. The zero-order chi connectivity index (χ0) is 22.2. The summed E-state index contributed by atoms with van der Waals surface area (Å²) >= 11 is 6.24. The Hall–Kier alpha value is -1.93. The number of carbonyl (C=O) groups excluding carboxylic acids is 1. The van der Waals surface area contributed by atoms with Crippen LogP contribution in [0.2, 0.25) is 5.02 Å². The molecule has 1 aliphatic heterocycles. The normalized spacial score (nSPS) is 18.5. The van der Waals surface area contributed by atoms with Crippen molar-refractivity contribution < 1.29 is 13.2 Å². The molecule has 1 amide bonds. The molecule has 0 saturated carbocycles. The number of nitrogens with one attached hydrogen (secondary N) is 1. The van der Waals surface area contributed by atoms with E-state index in [2.05, 4.69) is 28.4 Å².